The van der Waals surface area contributed by atoms with Gasteiger partial charge in [0.1, 0.15) is 11.4 Å². The Balaban J connectivity index is 1.63. The molecule has 2 saturated heterocycles. The highest BCUT2D eigenvalue weighted by atomic mass is 19.3. The second-order valence-corrected chi connectivity index (χ2v) is 14.1. The molecule has 0 bridgehead atoms. The van der Waals surface area contributed by atoms with Crippen molar-refractivity contribution in [1.29, 1.82) is 0 Å². The van der Waals surface area contributed by atoms with E-state index in [0.717, 1.165) is 16.5 Å². The number of hydrogen-bond acceptors (Lipinski definition) is 7. The fourth-order valence-electron chi connectivity index (χ4n) is 7.26. The summed E-state index contributed by atoms with van der Waals surface area (Å²) in [5, 5.41) is 0.782. The third-order valence-corrected chi connectivity index (χ3v) is 9.64. The number of ether oxygens (including phenoxy) is 3. The Morgan fingerprint density at radius 3 is 2.29 bits per heavy atom. The maximum atomic E-state index is 14.2. The highest BCUT2D eigenvalue weighted by Crippen LogP contribution is 2.50. The molecule has 5 rings (SSSR count). The lowest BCUT2D eigenvalue weighted by Gasteiger charge is -2.49. The standard InChI is InChI=1S/C36H45F4N3O5/c1-23-17-30(46-5)27(25-9-15-43(31(23)25)33(45)48-34(2,3)4)20-41-16-12-35(10-13-37,11-14-38)19-29(41)26-8-7-24(32(44)47-6)18-28(26)42-21-36(39,40)22-42/h7-9,15,17-18,29H,10-14,16,19-22H2,1-6H3. The van der Waals surface area contributed by atoms with E-state index in [1.807, 2.05) is 19.1 Å². The Hall–Kier alpha value is -3.80. The molecule has 0 aliphatic carbocycles. The first-order chi connectivity index (χ1) is 22.6. The number of benzene rings is 2. The summed E-state index contributed by atoms with van der Waals surface area (Å²) in [6.45, 7) is 5.84. The lowest BCUT2D eigenvalue weighted by molar-refractivity contribution is -0.0268. The van der Waals surface area contributed by atoms with E-state index in [2.05, 4.69) is 4.90 Å². The average Bonchev–Trinajstić information content (AvgIpc) is 3.47. The van der Waals surface area contributed by atoms with Gasteiger partial charge in [0.15, 0.2) is 0 Å². The van der Waals surface area contributed by atoms with Crippen molar-refractivity contribution < 1.29 is 41.4 Å². The molecule has 1 atom stereocenters. The molecule has 3 aromatic rings. The van der Waals surface area contributed by atoms with Crippen LogP contribution in [-0.2, 0) is 16.0 Å². The van der Waals surface area contributed by atoms with Crippen molar-refractivity contribution in [1.82, 2.24) is 9.47 Å². The van der Waals surface area contributed by atoms with E-state index >= 15 is 0 Å². The van der Waals surface area contributed by atoms with Gasteiger partial charge in [-0.1, -0.05) is 6.07 Å². The Kier molecular flexibility index (Phi) is 10.1. The largest absolute Gasteiger partial charge is 0.496 e. The second-order valence-electron chi connectivity index (χ2n) is 14.1. The number of esters is 1. The highest BCUT2D eigenvalue weighted by molar-refractivity contribution is 5.95. The zero-order valence-corrected chi connectivity index (χ0v) is 28.5. The molecular formula is C36H45F4N3O5. The molecule has 1 aromatic heterocycles. The maximum Gasteiger partial charge on any atom is 0.419 e. The van der Waals surface area contributed by atoms with Crippen LogP contribution in [0.25, 0.3) is 10.9 Å². The molecule has 262 valence electrons. The number of aryl methyl sites for hydroxylation is 1. The molecule has 0 radical (unpaired) electrons. The van der Waals surface area contributed by atoms with E-state index in [4.69, 9.17) is 14.2 Å². The fourth-order valence-corrected chi connectivity index (χ4v) is 7.26. The third kappa shape index (κ3) is 7.13. The molecule has 2 fully saturated rings. The van der Waals surface area contributed by atoms with E-state index in [9.17, 15) is 27.2 Å². The van der Waals surface area contributed by atoms with Gasteiger partial charge < -0.3 is 19.1 Å². The summed E-state index contributed by atoms with van der Waals surface area (Å²) in [6, 6.07) is 8.19. The fraction of sp³-hybridized carbons (Fsp3) is 0.556. The van der Waals surface area contributed by atoms with Crippen LogP contribution in [0.3, 0.4) is 0 Å². The summed E-state index contributed by atoms with van der Waals surface area (Å²) in [5.74, 6) is -2.87. The van der Waals surface area contributed by atoms with Crippen molar-refractivity contribution in [3.05, 3.63) is 58.8 Å². The van der Waals surface area contributed by atoms with Crippen molar-refractivity contribution in [2.75, 3.05) is 52.1 Å². The van der Waals surface area contributed by atoms with Crippen LogP contribution in [0.4, 0.5) is 28.0 Å². The topological polar surface area (TPSA) is 73.2 Å². The van der Waals surface area contributed by atoms with Gasteiger partial charge in [-0.3, -0.25) is 18.2 Å². The number of carbonyl (C=O) groups is 2. The zero-order chi connectivity index (χ0) is 35.0. The lowest BCUT2D eigenvalue weighted by Crippen LogP contribution is -2.57. The predicted octanol–water partition coefficient (Wildman–Crippen LogP) is 8.03. The molecule has 48 heavy (non-hydrogen) atoms. The Labute approximate surface area is 278 Å². The minimum atomic E-state index is -2.88. The molecule has 0 N–H and O–H groups in total. The van der Waals surface area contributed by atoms with Crippen molar-refractivity contribution in [3.8, 4) is 5.75 Å². The number of alkyl halides is 4. The molecule has 0 saturated carbocycles. The van der Waals surface area contributed by atoms with Crippen LogP contribution < -0.4 is 9.64 Å². The monoisotopic (exact) mass is 675 g/mol. The molecule has 8 nitrogen and oxygen atoms in total. The summed E-state index contributed by atoms with van der Waals surface area (Å²) >= 11 is 0. The molecule has 2 aliphatic heterocycles. The van der Waals surface area contributed by atoms with E-state index in [1.165, 1.54) is 16.6 Å². The van der Waals surface area contributed by atoms with Crippen LogP contribution in [0, 0.1) is 12.3 Å². The van der Waals surface area contributed by atoms with Gasteiger partial charge in [0.2, 0.25) is 0 Å². The molecule has 2 aliphatic rings. The number of piperidine rings is 1. The van der Waals surface area contributed by atoms with Gasteiger partial charge in [-0.2, -0.15) is 0 Å². The van der Waals surface area contributed by atoms with Crippen LogP contribution >= 0.6 is 0 Å². The number of halogens is 4. The number of fused-ring (bicyclic) bond motifs is 1. The second kappa shape index (κ2) is 13.6. The van der Waals surface area contributed by atoms with E-state index < -0.39 is 61.5 Å². The molecule has 3 heterocycles. The molecule has 12 heteroatoms. The SMILES string of the molecule is COC(=O)c1ccc(C2CC(CCF)(CCF)CCN2Cc2c(OC)cc(C)c3c2ccn3C(=O)OC(C)(C)C)c(N2CC(F)(F)C2)c1. The number of methoxy groups -OCH3 is 2. The molecule has 0 amide bonds. The molecular weight excluding hydrogens is 630 g/mol. The first-order valence-electron chi connectivity index (χ1n) is 16.3. The number of anilines is 1. The van der Waals surface area contributed by atoms with E-state index in [0.29, 0.717) is 48.4 Å². The van der Waals surface area contributed by atoms with Gasteiger partial charge in [-0.05, 0) is 101 Å². The van der Waals surface area contributed by atoms with Crippen molar-refractivity contribution in [2.45, 2.75) is 77.5 Å². The van der Waals surface area contributed by atoms with Crippen LogP contribution in [0.15, 0.2) is 36.5 Å². The third-order valence-electron chi connectivity index (χ3n) is 9.64. The maximum absolute atomic E-state index is 14.2. The minimum Gasteiger partial charge on any atom is -0.496 e. The van der Waals surface area contributed by atoms with E-state index in [1.54, 1.807) is 52.3 Å². The molecule has 2 aromatic carbocycles. The number of hydrogen-bond donors (Lipinski definition) is 0. The minimum absolute atomic E-state index is 0.176. The summed E-state index contributed by atoms with van der Waals surface area (Å²) in [4.78, 5) is 29.4. The summed E-state index contributed by atoms with van der Waals surface area (Å²) in [6.07, 6.45) is 2.42. The van der Waals surface area contributed by atoms with Crippen LogP contribution in [0.5, 0.6) is 5.75 Å². The predicted molar refractivity (Wildman–Crippen MR) is 176 cm³/mol. The molecule has 1 unspecified atom stereocenters. The van der Waals surface area contributed by atoms with Gasteiger partial charge >= 0.3 is 12.1 Å². The number of rotatable bonds is 10. The van der Waals surface area contributed by atoms with Crippen molar-refractivity contribution >= 4 is 28.7 Å². The summed E-state index contributed by atoms with van der Waals surface area (Å²) in [7, 11) is 2.83. The Morgan fingerprint density at radius 2 is 1.71 bits per heavy atom. The number of aromatic nitrogens is 1. The van der Waals surface area contributed by atoms with Crippen LogP contribution in [0.2, 0.25) is 0 Å². The number of nitrogens with zero attached hydrogens (tertiary/aromatic N) is 3. The van der Waals surface area contributed by atoms with Gasteiger partial charge in [-0.25, -0.2) is 18.4 Å². The highest BCUT2D eigenvalue weighted by Gasteiger charge is 2.47. The van der Waals surface area contributed by atoms with Crippen LogP contribution in [0.1, 0.15) is 79.5 Å². The van der Waals surface area contributed by atoms with Crippen LogP contribution in [-0.4, -0.2) is 80.3 Å². The first-order valence-corrected chi connectivity index (χ1v) is 16.3. The average molecular weight is 676 g/mol. The summed E-state index contributed by atoms with van der Waals surface area (Å²) in [5.41, 5.74) is 2.31. The molecule has 0 spiro atoms. The van der Waals surface area contributed by atoms with E-state index in [-0.39, 0.29) is 18.4 Å². The van der Waals surface area contributed by atoms with Gasteiger partial charge in [-0.15, -0.1) is 0 Å². The number of likely N-dealkylation sites (tertiary alicyclic amines) is 1. The van der Waals surface area contributed by atoms with Crippen molar-refractivity contribution in [3.63, 3.8) is 0 Å². The van der Waals surface area contributed by atoms with Gasteiger partial charge in [0.25, 0.3) is 5.92 Å². The summed E-state index contributed by atoms with van der Waals surface area (Å²) < 4.78 is 74.3. The Morgan fingerprint density at radius 1 is 1.02 bits per heavy atom. The number of carbonyl (C=O) groups excluding carboxylic acids is 2. The zero-order valence-electron chi connectivity index (χ0n) is 28.5. The normalized spacial score (nSPS) is 19.2. The van der Waals surface area contributed by atoms with Gasteiger partial charge in [0.05, 0.1) is 51.7 Å². The van der Waals surface area contributed by atoms with Crippen molar-refractivity contribution in [2.24, 2.45) is 5.41 Å². The quantitative estimate of drug-likeness (QED) is 0.159. The van der Waals surface area contributed by atoms with Gasteiger partial charge in [0, 0.05) is 35.4 Å². The first kappa shape index (κ1) is 35.5. The Bertz CT molecular complexity index is 1650. The smallest absolute Gasteiger partial charge is 0.419 e. The lowest BCUT2D eigenvalue weighted by atomic mass is 9.69.